The minimum absolute atomic E-state index is 0.269. The average molecular weight is 171 g/mol. The first-order valence-electron chi connectivity index (χ1n) is 4.47. The van der Waals surface area contributed by atoms with Crippen LogP contribution in [0.25, 0.3) is 0 Å². The zero-order chi connectivity index (χ0) is 9.61. The Labute approximate surface area is 75.3 Å². The lowest BCUT2D eigenvalue weighted by Gasteiger charge is -2.25. The molecule has 0 aliphatic rings. The number of carbonyl (C=O) groups excluding carboxylic acids is 1. The number of ether oxygens (including phenoxy) is 1. The summed E-state index contributed by atoms with van der Waals surface area (Å²) in [7, 11) is 0. The van der Waals surface area contributed by atoms with Gasteiger partial charge in [-0.05, 0) is 24.2 Å². The second-order valence-electron chi connectivity index (χ2n) is 4.44. The van der Waals surface area contributed by atoms with Crippen LogP contribution >= 0.6 is 0 Å². The van der Waals surface area contributed by atoms with E-state index in [4.69, 9.17) is 0 Å². The Hall–Kier alpha value is -0.530. The molecule has 12 heavy (non-hydrogen) atoms. The summed E-state index contributed by atoms with van der Waals surface area (Å²) in [6, 6.07) is 0. The fourth-order valence-electron chi connectivity index (χ4n) is 1.58. The second kappa shape index (κ2) is 5.18. The standard InChI is InChI=1S/C10H19O2/c1-9(2)7-10(3,4)5-6-12-8-11/h9H,5-7H2,1-4H3. The highest BCUT2D eigenvalue weighted by Crippen LogP contribution is 2.28. The molecule has 71 valence electrons. The molecular weight excluding hydrogens is 152 g/mol. The van der Waals surface area contributed by atoms with Gasteiger partial charge >= 0.3 is 6.47 Å². The van der Waals surface area contributed by atoms with Gasteiger partial charge in [0.05, 0.1) is 6.61 Å². The van der Waals surface area contributed by atoms with E-state index >= 15 is 0 Å². The molecule has 0 saturated heterocycles. The molecule has 0 bridgehead atoms. The quantitative estimate of drug-likeness (QED) is 0.574. The van der Waals surface area contributed by atoms with Gasteiger partial charge in [0.25, 0.3) is 0 Å². The van der Waals surface area contributed by atoms with Crippen molar-refractivity contribution >= 4 is 6.47 Å². The predicted molar refractivity (Wildman–Crippen MR) is 49.5 cm³/mol. The van der Waals surface area contributed by atoms with Crippen LogP contribution in [-0.4, -0.2) is 13.1 Å². The third-order valence-electron chi connectivity index (χ3n) is 1.90. The second-order valence-corrected chi connectivity index (χ2v) is 4.44. The Morgan fingerprint density at radius 1 is 1.42 bits per heavy atom. The Kier molecular flexibility index (Phi) is 4.95. The SMILES string of the molecule is CC(C)CC(C)(C)CCO[C]=O. The van der Waals surface area contributed by atoms with Gasteiger partial charge in [0.15, 0.2) is 0 Å². The molecule has 0 fully saturated rings. The fraction of sp³-hybridized carbons (Fsp3) is 0.900. The van der Waals surface area contributed by atoms with Crippen LogP contribution in [0.3, 0.4) is 0 Å². The molecule has 0 amide bonds. The van der Waals surface area contributed by atoms with Gasteiger partial charge in [-0.25, -0.2) is 4.79 Å². The summed E-state index contributed by atoms with van der Waals surface area (Å²) in [5.74, 6) is 0.695. The van der Waals surface area contributed by atoms with Crippen LogP contribution in [0.2, 0.25) is 0 Å². The normalized spacial score (nSPS) is 11.8. The van der Waals surface area contributed by atoms with Crippen molar-refractivity contribution in [1.82, 2.24) is 0 Å². The van der Waals surface area contributed by atoms with Gasteiger partial charge in [-0.1, -0.05) is 27.7 Å². The zero-order valence-corrected chi connectivity index (χ0v) is 8.52. The van der Waals surface area contributed by atoms with Crippen LogP contribution in [0.5, 0.6) is 0 Å². The molecule has 2 heteroatoms. The van der Waals surface area contributed by atoms with Crippen LogP contribution in [0.1, 0.15) is 40.5 Å². The van der Waals surface area contributed by atoms with Gasteiger partial charge in [0, 0.05) is 0 Å². The largest absolute Gasteiger partial charge is 0.457 e. The molecule has 0 N–H and O–H groups in total. The van der Waals surface area contributed by atoms with Gasteiger partial charge in [0.1, 0.15) is 0 Å². The molecule has 0 aromatic heterocycles. The van der Waals surface area contributed by atoms with E-state index in [9.17, 15) is 4.79 Å². The molecule has 1 radical (unpaired) electrons. The highest BCUT2D eigenvalue weighted by atomic mass is 16.5. The Balaban J connectivity index is 3.62. The first kappa shape index (κ1) is 11.5. The molecular formula is C10H19O2. The molecule has 0 saturated carbocycles. The van der Waals surface area contributed by atoms with Gasteiger partial charge < -0.3 is 4.74 Å². The van der Waals surface area contributed by atoms with Crippen molar-refractivity contribution in [2.75, 3.05) is 6.61 Å². The molecule has 0 spiro atoms. The number of hydrogen-bond acceptors (Lipinski definition) is 2. The molecule has 0 rings (SSSR count). The third-order valence-corrected chi connectivity index (χ3v) is 1.90. The van der Waals surface area contributed by atoms with Crippen LogP contribution in [-0.2, 0) is 9.53 Å². The van der Waals surface area contributed by atoms with E-state index in [0.29, 0.717) is 12.5 Å². The van der Waals surface area contributed by atoms with E-state index in [1.165, 1.54) is 6.47 Å². The lowest BCUT2D eigenvalue weighted by atomic mass is 9.81. The first-order valence-corrected chi connectivity index (χ1v) is 4.47. The van der Waals surface area contributed by atoms with Crippen LogP contribution in [0, 0.1) is 11.3 Å². The smallest absolute Gasteiger partial charge is 0.417 e. The maximum atomic E-state index is 9.77. The summed E-state index contributed by atoms with van der Waals surface area (Å²) < 4.78 is 4.55. The topological polar surface area (TPSA) is 26.3 Å². The molecule has 0 atom stereocenters. The van der Waals surface area contributed by atoms with Crippen molar-refractivity contribution in [3.63, 3.8) is 0 Å². The van der Waals surface area contributed by atoms with Crippen LogP contribution in [0.15, 0.2) is 0 Å². The minimum atomic E-state index is 0.269. The fourth-order valence-corrected chi connectivity index (χ4v) is 1.58. The molecule has 0 heterocycles. The van der Waals surface area contributed by atoms with Crippen LogP contribution < -0.4 is 0 Å². The molecule has 0 aliphatic carbocycles. The molecule has 0 aromatic carbocycles. The summed E-state index contributed by atoms with van der Waals surface area (Å²) in [5.41, 5.74) is 0.269. The third kappa shape index (κ3) is 6.20. The average Bonchev–Trinajstić information content (AvgIpc) is 1.84. The molecule has 0 unspecified atom stereocenters. The summed E-state index contributed by atoms with van der Waals surface area (Å²) >= 11 is 0. The maximum absolute atomic E-state index is 9.77. The summed E-state index contributed by atoms with van der Waals surface area (Å²) in [6.07, 6.45) is 2.08. The first-order chi connectivity index (χ1) is 5.48. The minimum Gasteiger partial charge on any atom is -0.457 e. The summed E-state index contributed by atoms with van der Waals surface area (Å²) in [5, 5.41) is 0. The molecule has 0 aromatic rings. The van der Waals surface area contributed by atoms with E-state index in [2.05, 4.69) is 32.4 Å². The number of rotatable bonds is 6. The van der Waals surface area contributed by atoms with Crippen molar-refractivity contribution < 1.29 is 9.53 Å². The predicted octanol–water partition coefficient (Wildman–Crippen LogP) is 2.53. The van der Waals surface area contributed by atoms with Gasteiger partial charge in [-0.2, -0.15) is 0 Å². The van der Waals surface area contributed by atoms with E-state index in [-0.39, 0.29) is 5.41 Å². The lowest BCUT2D eigenvalue weighted by Crippen LogP contribution is -2.16. The Morgan fingerprint density at radius 3 is 2.42 bits per heavy atom. The van der Waals surface area contributed by atoms with E-state index in [1.807, 2.05) is 0 Å². The van der Waals surface area contributed by atoms with Crippen molar-refractivity contribution in [3.05, 3.63) is 0 Å². The Bertz CT molecular complexity index is 128. The van der Waals surface area contributed by atoms with E-state index in [0.717, 1.165) is 12.8 Å². The van der Waals surface area contributed by atoms with Crippen molar-refractivity contribution in [2.24, 2.45) is 11.3 Å². The van der Waals surface area contributed by atoms with Crippen molar-refractivity contribution in [3.8, 4) is 0 Å². The number of hydrogen-bond donors (Lipinski definition) is 0. The van der Waals surface area contributed by atoms with Crippen LogP contribution in [0.4, 0.5) is 0 Å². The molecule has 2 nitrogen and oxygen atoms in total. The molecule has 0 aliphatic heterocycles. The zero-order valence-electron chi connectivity index (χ0n) is 8.52. The summed E-state index contributed by atoms with van der Waals surface area (Å²) in [4.78, 5) is 9.77. The lowest BCUT2D eigenvalue weighted by molar-refractivity contribution is 0.187. The Morgan fingerprint density at radius 2 is 2.00 bits per heavy atom. The van der Waals surface area contributed by atoms with Crippen molar-refractivity contribution in [1.29, 1.82) is 0 Å². The van der Waals surface area contributed by atoms with E-state index in [1.54, 1.807) is 0 Å². The van der Waals surface area contributed by atoms with Gasteiger partial charge in [-0.3, -0.25) is 0 Å². The van der Waals surface area contributed by atoms with Crippen molar-refractivity contribution in [2.45, 2.75) is 40.5 Å². The maximum Gasteiger partial charge on any atom is 0.417 e. The highest BCUT2D eigenvalue weighted by Gasteiger charge is 2.18. The monoisotopic (exact) mass is 171 g/mol. The van der Waals surface area contributed by atoms with Gasteiger partial charge in [-0.15, -0.1) is 0 Å². The summed E-state index contributed by atoms with van der Waals surface area (Å²) in [6.45, 7) is 10.7. The van der Waals surface area contributed by atoms with E-state index < -0.39 is 0 Å². The van der Waals surface area contributed by atoms with Gasteiger partial charge in [0.2, 0.25) is 0 Å². The highest BCUT2D eigenvalue weighted by molar-refractivity contribution is 5.38.